The van der Waals surface area contributed by atoms with Gasteiger partial charge >= 0.3 is 0 Å². The minimum absolute atomic E-state index is 0.335. The zero-order valence-corrected chi connectivity index (χ0v) is 88.9. The Morgan fingerprint density at radius 3 is 1.02 bits per heavy atom. The van der Waals surface area contributed by atoms with Crippen molar-refractivity contribution in [1.82, 2.24) is 19.9 Å². The number of hydrogen-bond donors (Lipinski definition) is 0. The molecule has 2 aliphatic rings. The molecule has 0 saturated carbocycles. The molecule has 14 rings (SSSR count). The van der Waals surface area contributed by atoms with Crippen molar-refractivity contribution in [2.45, 2.75) is 416 Å². The highest BCUT2D eigenvalue weighted by Crippen LogP contribution is 2.56. The van der Waals surface area contributed by atoms with Gasteiger partial charge in [0.15, 0.2) is 0 Å². The number of ether oxygens (including phenoxy) is 2. The van der Waals surface area contributed by atoms with E-state index in [0.717, 1.165) is 97.8 Å². The molecule has 4 unspecified atom stereocenters. The van der Waals surface area contributed by atoms with Crippen molar-refractivity contribution in [3.63, 3.8) is 0 Å². The molecule has 12 heteroatoms. The van der Waals surface area contributed by atoms with Crippen LogP contribution in [0.1, 0.15) is 410 Å². The van der Waals surface area contributed by atoms with Crippen LogP contribution >= 0.6 is 68.0 Å². The normalized spacial score (nSPS) is 14.0. The van der Waals surface area contributed by atoms with E-state index in [1.165, 1.54) is 370 Å². The summed E-state index contributed by atoms with van der Waals surface area (Å²) in [4.78, 5) is 37.2. The zero-order valence-electron chi connectivity index (χ0n) is 84.0. The molecule has 132 heavy (non-hydrogen) atoms. The van der Waals surface area contributed by atoms with E-state index in [0.29, 0.717) is 23.7 Å². The van der Waals surface area contributed by atoms with Crippen LogP contribution in [0.2, 0.25) is 0 Å². The summed E-state index contributed by atoms with van der Waals surface area (Å²) in [5.74, 6) is 4.65. The topological polar surface area (TPSA) is 70.0 Å². The third-order valence-corrected chi connectivity index (χ3v) is 36.6. The lowest BCUT2D eigenvalue weighted by molar-refractivity contribution is 0.0384. The highest BCUT2D eigenvalue weighted by Gasteiger charge is 2.43. The van der Waals surface area contributed by atoms with Gasteiger partial charge in [-0.05, 0) is 209 Å². The molecule has 712 valence electrons. The predicted octanol–water partition coefficient (Wildman–Crippen LogP) is 40.8. The minimum Gasteiger partial charge on any atom is -0.482 e. The molecular weight excluding hydrogens is 1720 g/mol. The smallest absolute Gasteiger partial charge is 0.135 e. The van der Waals surface area contributed by atoms with Crippen molar-refractivity contribution in [2.75, 3.05) is 0 Å². The fourth-order valence-corrected chi connectivity index (χ4v) is 27.5. The predicted molar refractivity (Wildman–Crippen MR) is 584 cm³/mol. The highest BCUT2D eigenvalue weighted by atomic mass is 32.1. The molecule has 4 aromatic carbocycles. The van der Waals surface area contributed by atoms with Crippen molar-refractivity contribution in [3.8, 4) is 93.7 Å². The van der Waals surface area contributed by atoms with Gasteiger partial charge in [-0.25, -0.2) is 19.9 Å². The van der Waals surface area contributed by atoms with E-state index in [2.05, 4.69) is 230 Å². The number of thiophene rings is 6. The van der Waals surface area contributed by atoms with Crippen molar-refractivity contribution < 1.29 is 9.47 Å². The number of para-hydroxylation sites is 1. The monoisotopic (exact) mass is 1890 g/mol. The van der Waals surface area contributed by atoms with E-state index in [-0.39, 0.29) is 11.2 Å². The van der Waals surface area contributed by atoms with Crippen LogP contribution in [0.15, 0.2) is 133 Å². The zero-order chi connectivity index (χ0) is 92.6. The highest BCUT2D eigenvalue weighted by molar-refractivity contribution is 7.29. The van der Waals surface area contributed by atoms with Crippen molar-refractivity contribution >= 4 is 90.1 Å². The number of nitrogens with zero attached hydrogens (tertiary/aromatic N) is 4. The maximum atomic E-state index is 7.70. The molecule has 0 radical (unpaired) electrons. The van der Waals surface area contributed by atoms with Crippen LogP contribution in [0.25, 0.3) is 104 Å². The fourth-order valence-electron chi connectivity index (χ4n) is 21.1. The van der Waals surface area contributed by atoms with Gasteiger partial charge in [-0.3, -0.25) is 0 Å². The van der Waals surface area contributed by atoms with Gasteiger partial charge in [0.25, 0.3) is 0 Å². The van der Waals surface area contributed by atoms with Crippen LogP contribution in [-0.4, -0.2) is 19.9 Å². The first-order chi connectivity index (χ1) is 64.7. The van der Waals surface area contributed by atoms with Crippen molar-refractivity contribution in [2.24, 2.45) is 23.7 Å². The first kappa shape index (κ1) is 103. The van der Waals surface area contributed by atoms with Gasteiger partial charge in [0, 0.05) is 56.4 Å². The van der Waals surface area contributed by atoms with E-state index >= 15 is 0 Å². The Hall–Kier alpha value is -6.64. The van der Waals surface area contributed by atoms with Crippen LogP contribution in [-0.2, 0) is 36.9 Å². The van der Waals surface area contributed by atoms with Crippen molar-refractivity contribution in [1.29, 1.82) is 0 Å². The van der Waals surface area contributed by atoms with E-state index in [9.17, 15) is 0 Å². The quantitative estimate of drug-likeness (QED) is 0.0354. The molecule has 6 nitrogen and oxygen atoms in total. The summed E-state index contributed by atoms with van der Waals surface area (Å²) < 4.78 is 15.2. The lowest BCUT2D eigenvalue weighted by Crippen LogP contribution is -2.36. The Morgan fingerprint density at radius 2 is 0.621 bits per heavy atom. The van der Waals surface area contributed by atoms with Gasteiger partial charge in [-0.1, -0.05) is 380 Å². The summed E-state index contributed by atoms with van der Waals surface area (Å²) in [6.45, 7) is 32.5. The summed E-state index contributed by atoms with van der Waals surface area (Å²) in [6.07, 6.45) is 59.0. The number of unbranched alkanes of at least 4 members (excludes halogenated alkanes) is 24. The SMILES string of the molecule is CCCCC(CC)Cc1nc2c(-c3cccs3)sc(-c3ccc(C)s3)c2nc1CC(CC)CCCC.CCCCCCCCC1(CCCCCCCC)Oc2cc(-c3ccc(-c4sc(-c5ccc(-c6ccc7c(c6)C(CCCCCCCC)(CCCCCCCC)Oc6ccccc6-7)s5)c5nc(CC(CC)CCCC)c(CC(CC)CCCC)nc45)s3)ccc2-c2ccc(C)cc21. The van der Waals surface area contributed by atoms with Gasteiger partial charge in [0.1, 0.15) is 44.8 Å². The molecule has 0 bridgehead atoms. The summed E-state index contributed by atoms with van der Waals surface area (Å²) in [5.41, 5.74) is 20.5. The number of aromatic nitrogens is 4. The summed E-state index contributed by atoms with van der Waals surface area (Å²) in [7, 11) is 0. The summed E-state index contributed by atoms with van der Waals surface area (Å²) in [6, 6.07) is 49.1. The third kappa shape index (κ3) is 26.6. The first-order valence-corrected chi connectivity index (χ1v) is 58.5. The molecular formula is C120H164N4O2S6. The third-order valence-electron chi connectivity index (χ3n) is 29.4. The molecule has 4 atom stereocenters. The van der Waals surface area contributed by atoms with Gasteiger partial charge < -0.3 is 9.47 Å². The maximum Gasteiger partial charge on any atom is 0.135 e. The lowest BCUT2D eigenvalue weighted by atomic mass is 9.77. The van der Waals surface area contributed by atoms with E-state index in [1.54, 1.807) is 0 Å². The first-order valence-electron chi connectivity index (χ1n) is 53.5. The minimum atomic E-state index is -0.361. The molecule has 0 aliphatic carbocycles. The molecule has 12 aromatic rings. The number of benzene rings is 4. The van der Waals surface area contributed by atoms with Crippen LogP contribution in [0.4, 0.5) is 0 Å². The van der Waals surface area contributed by atoms with E-state index < -0.39 is 0 Å². The van der Waals surface area contributed by atoms with Crippen LogP contribution in [0.5, 0.6) is 11.5 Å². The second kappa shape index (κ2) is 52.8. The standard InChI is InChI=1S/C89H122N2O2S3.C31H42N2S3/c1-10-18-24-28-32-38-56-88(57-39-33-29-25-19-11-2)74-60-65(9)46-49-70(74)73-51-48-69(64-79(73)93-88)81-53-55-83(95-81)87-85-84(90-76(61-66(16-7)42-22-14-5)77(91-85)62-67(17-8)43-23-15-6)86(96-87)82-54-52-80(94-82)68-47-50-71-72-44-36-37-45-78(72)92-89(75(71)63-68,58-40-34-30-26-20-12-3)59-41-35-31-27-21-13-4;1-6-10-13-22(8-3)19-24-25(20-23(9-4)14-11-7-2)33-29-28(32-24)30(26-15-12-18-34-26)36-31(29)27-17-16-21(5)35-27/h36-37,44-55,60,63-64,66-67H,10-35,38-43,56-59,61-62H2,1-9H3;12,15-18,22-23H,6-11,13-14,19-20H2,1-5H3. The second-order valence-corrected chi connectivity index (χ2v) is 46.1. The lowest BCUT2D eigenvalue weighted by Gasteiger charge is -2.41. The number of fused-ring (bicyclic) bond motifs is 8. The largest absolute Gasteiger partial charge is 0.482 e. The molecule has 0 saturated heterocycles. The summed E-state index contributed by atoms with van der Waals surface area (Å²) >= 11 is 11.4. The Bertz CT molecular complexity index is 5420. The fraction of sp³-hybridized carbons (Fsp3) is 0.567. The summed E-state index contributed by atoms with van der Waals surface area (Å²) in [5, 5.41) is 2.18. The molecule has 0 amide bonds. The molecule has 8 aromatic heterocycles. The number of hydrogen-bond acceptors (Lipinski definition) is 12. The van der Waals surface area contributed by atoms with Crippen LogP contribution in [0.3, 0.4) is 0 Å². The van der Waals surface area contributed by atoms with Gasteiger partial charge in [0.05, 0.1) is 42.3 Å². The molecule has 0 N–H and O–H groups in total. The second-order valence-electron chi connectivity index (χ2n) is 39.6. The van der Waals surface area contributed by atoms with Gasteiger partial charge in [0.2, 0.25) is 0 Å². The van der Waals surface area contributed by atoms with Gasteiger partial charge in [-0.2, -0.15) is 0 Å². The number of rotatable bonds is 58. The molecule has 0 fully saturated rings. The van der Waals surface area contributed by atoms with Crippen LogP contribution in [0, 0.1) is 37.5 Å². The Morgan fingerprint density at radius 1 is 0.280 bits per heavy atom. The van der Waals surface area contributed by atoms with Gasteiger partial charge in [-0.15, -0.1) is 68.0 Å². The van der Waals surface area contributed by atoms with Crippen molar-refractivity contribution in [3.05, 3.63) is 177 Å². The average molecular weight is 1890 g/mol. The Balaban J connectivity index is 0.000000342. The average Bonchev–Trinajstić information content (AvgIpc) is 1.16. The Labute approximate surface area is 823 Å². The maximum absolute atomic E-state index is 7.70. The molecule has 10 heterocycles. The number of aryl methyl sites for hydroxylation is 2. The Kier molecular flexibility index (Phi) is 41.1. The van der Waals surface area contributed by atoms with E-state index in [4.69, 9.17) is 29.4 Å². The molecule has 2 aliphatic heterocycles. The van der Waals surface area contributed by atoms with E-state index in [1.807, 2.05) is 68.0 Å². The van der Waals surface area contributed by atoms with Crippen LogP contribution < -0.4 is 9.47 Å². The molecule has 0 spiro atoms.